The van der Waals surface area contributed by atoms with E-state index >= 15 is 0 Å². The van der Waals surface area contributed by atoms with Gasteiger partial charge in [0.05, 0.1) is 0 Å². The van der Waals surface area contributed by atoms with Gasteiger partial charge in [0.1, 0.15) is 12.0 Å². The zero-order chi connectivity index (χ0) is 9.84. The number of hydrogen-bond acceptors (Lipinski definition) is 2. The quantitative estimate of drug-likeness (QED) is 0.722. The Labute approximate surface area is 78.2 Å². The third kappa shape index (κ3) is 2.08. The van der Waals surface area contributed by atoms with E-state index < -0.39 is 0 Å². The molecule has 2 nitrogen and oxygen atoms in total. The standard InChI is InChI=1S/C11H14O2/c1-3-4-10-6-9(7-12)5-8(2)11(10)13/h5-7,13H,3-4H2,1-2H3. The van der Waals surface area contributed by atoms with E-state index in [1.165, 1.54) is 0 Å². The van der Waals surface area contributed by atoms with Gasteiger partial charge in [-0.3, -0.25) is 4.79 Å². The Bertz CT molecular complexity index is 316. The lowest BCUT2D eigenvalue weighted by atomic mass is 10.0. The number of hydrogen-bond donors (Lipinski definition) is 1. The molecular weight excluding hydrogens is 164 g/mol. The first-order chi connectivity index (χ1) is 6.19. The van der Waals surface area contributed by atoms with Gasteiger partial charge in [-0.15, -0.1) is 0 Å². The molecule has 70 valence electrons. The van der Waals surface area contributed by atoms with Crippen LogP contribution in [0.3, 0.4) is 0 Å². The summed E-state index contributed by atoms with van der Waals surface area (Å²) in [5.41, 5.74) is 2.27. The first-order valence-electron chi connectivity index (χ1n) is 4.46. The molecule has 0 radical (unpaired) electrons. The van der Waals surface area contributed by atoms with Crippen molar-refractivity contribution in [1.29, 1.82) is 0 Å². The SMILES string of the molecule is CCCc1cc(C=O)cc(C)c1O. The number of rotatable bonds is 3. The van der Waals surface area contributed by atoms with Crippen LogP contribution in [0.1, 0.15) is 34.8 Å². The van der Waals surface area contributed by atoms with E-state index in [4.69, 9.17) is 0 Å². The summed E-state index contributed by atoms with van der Waals surface area (Å²) in [5, 5.41) is 9.63. The molecule has 0 saturated carbocycles. The van der Waals surface area contributed by atoms with E-state index in [0.717, 1.165) is 30.3 Å². The highest BCUT2D eigenvalue weighted by Gasteiger charge is 2.05. The number of carbonyl (C=O) groups excluding carboxylic acids is 1. The smallest absolute Gasteiger partial charge is 0.150 e. The number of aromatic hydroxyl groups is 1. The van der Waals surface area contributed by atoms with E-state index in [2.05, 4.69) is 0 Å². The van der Waals surface area contributed by atoms with Gasteiger partial charge in [-0.1, -0.05) is 13.3 Å². The van der Waals surface area contributed by atoms with Crippen LogP contribution in [0.5, 0.6) is 5.75 Å². The molecule has 13 heavy (non-hydrogen) atoms. The highest BCUT2D eigenvalue weighted by molar-refractivity contribution is 5.76. The van der Waals surface area contributed by atoms with Crippen LogP contribution in [0.4, 0.5) is 0 Å². The molecule has 1 aromatic carbocycles. The van der Waals surface area contributed by atoms with Crippen LogP contribution in [0.25, 0.3) is 0 Å². The van der Waals surface area contributed by atoms with E-state index in [-0.39, 0.29) is 0 Å². The molecule has 0 aliphatic heterocycles. The van der Waals surface area contributed by atoms with Gasteiger partial charge in [-0.2, -0.15) is 0 Å². The zero-order valence-electron chi connectivity index (χ0n) is 8.00. The van der Waals surface area contributed by atoms with Crippen LogP contribution in [-0.4, -0.2) is 11.4 Å². The van der Waals surface area contributed by atoms with Crippen LogP contribution in [0.15, 0.2) is 12.1 Å². The van der Waals surface area contributed by atoms with Crippen LogP contribution < -0.4 is 0 Å². The first kappa shape index (κ1) is 9.78. The van der Waals surface area contributed by atoms with Crippen LogP contribution in [0, 0.1) is 6.92 Å². The summed E-state index contributed by atoms with van der Waals surface area (Å²) in [6, 6.07) is 3.44. The van der Waals surface area contributed by atoms with Gasteiger partial charge in [0.25, 0.3) is 0 Å². The molecule has 0 aliphatic rings. The second-order valence-electron chi connectivity index (χ2n) is 3.21. The number of phenolic OH excluding ortho intramolecular Hbond substituents is 1. The Morgan fingerprint density at radius 3 is 2.69 bits per heavy atom. The van der Waals surface area contributed by atoms with Crippen molar-refractivity contribution in [2.24, 2.45) is 0 Å². The monoisotopic (exact) mass is 178 g/mol. The maximum absolute atomic E-state index is 10.5. The van der Waals surface area contributed by atoms with Crippen molar-refractivity contribution in [3.63, 3.8) is 0 Å². The number of carbonyl (C=O) groups is 1. The molecule has 0 bridgehead atoms. The van der Waals surface area contributed by atoms with E-state index in [1.807, 2.05) is 13.8 Å². The Morgan fingerprint density at radius 2 is 2.15 bits per heavy atom. The average molecular weight is 178 g/mol. The first-order valence-corrected chi connectivity index (χ1v) is 4.46. The van der Waals surface area contributed by atoms with E-state index in [9.17, 15) is 9.90 Å². The van der Waals surface area contributed by atoms with Crippen molar-refractivity contribution in [2.45, 2.75) is 26.7 Å². The zero-order valence-corrected chi connectivity index (χ0v) is 8.00. The molecule has 0 heterocycles. The molecule has 0 spiro atoms. The molecular formula is C11H14O2. The van der Waals surface area contributed by atoms with Crippen LogP contribution >= 0.6 is 0 Å². The molecule has 0 saturated heterocycles. The van der Waals surface area contributed by atoms with Crippen molar-refractivity contribution in [3.05, 3.63) is 28.8 Å². The molecule has 0 unspecified atom stereocenters. The van der Waals surface area contributed by atoms with Crippen molar-refractivity contribution < 1.29 is 9.90 Å². The predicted octanol–water partition coefficient (Wildman–Crippen LogP) is 2.47. The van der Waals surface area contributed by atoms with Gasteiger partial charge in [0.2, 0.25) is 0 Å². The van der Waals surface area contributed by atoms with Gasteiger partial charge in [0.15, 0.2) is 0 Å². The minimum Gasteiger partial charge on any atom is -0.507 e. The third-order valence-corrected chi connectivity index (χ3v) is 2.06. The minimum atomic E-state index is 0.326. The van der Waals surface area contributed by atoms with Gasteiger partial charge >= 0.3 is 0 Å². The summed E-state index contributed by atoms with van der Waals surface area (Å²) in [7, 11) is 0. The maximum Gasteiger partial charge on any atom is 0.150 e. The Morgan fingerprint density at radius 1 is 1.46 bits per heavy atom. The lowest BCUT2D eigenvalue weighted by molar-refractivity contribution is 0.112. The van der Waals surface area contributed by atoms with Gasteiger partial charge in [-0.25, -0.2) is 0 Å². The summed E-state index contributed by atoms with van der Waals surface area (Å²) in [6.07, 6.45) is 2.59. The summed E-state index contributed by atoms with van der Waals surface area (Å²) in [5.74, 6) is 0.326. The van der Waals surface area contributed by atoms with E-state index in [1.54, 1.807) is 12.1 Å². The summed E-state index contributed by atoms with van der Waals surface area (Å²) >= 11 is 0. The van der Waals surface area contributed by atoms with Crippen molar-refractivity contribution in [2.75, 3.05) is 0 Å². The predicted molar refractivity (Wildman–Crippen MR) is 52.2 cm³/mol. The molecule has 0 fully saturated rings. The summed E-state index contributed by atoms with van der Waals surface area (Å²) < 4.78 is 0. The highest BCUT2D eigenvalue weighted by atomic mass is 16.3. The largest absolute Gasteiger partial charge is 0.507 e. The molecule has 1 rings (SSSR count). The molecule has 0 amide bonds. The highest BCUT2D eigenvalue weighted by Crippen LogP contribution is 2.24. The lowest BCUT2D eigenvalue weighted by Crippen LogP contribution is -1.91. The van der Waals surface area contributed by atoms with Crippen LogP contribution in [-0.2, 0) is 6.42 Å². The molecule has 1 N–H and O–H groups in total. The second-order valence-corrected chi connectivity index (χ2v) is 3.21. The summed E-state index contributed by atoms with van der Waals surface area (Å²) in [6.45, 7) is 3.85. The van der Waals surface area contributed by atoms with Gasteiger partial charge in [0, 0.05) is 5.56 Å². The lowest BCUT2D eigenvalue weighted by Gasteiger charge is -2.06. The molecule has 0 aliphatic carbocycles. The van der Waals surface area contributed by atoms with Crippen LogP contribution in [0.2, 0.25) is 0 Å². The topological polar surface area (TPSA) is 37.3 Å². The number of phenols is 1. The van der Waals surface area contributed by atoms with E-state index in [0.29, 0.717) is 11.3 Å². The van der Waals surface area contributed by atoms with Crippen molar-refractivity contribution >= 4 is 6.29 Å². The Balaban J connectivity index is 3.16. The third-order valence-electron chi connectivity index (χ3n) is 2.06. The van der Waals surface area contributed by atoms with Crippen molar-refractivity contribution in [3.8, 4) is 5.75 Å². The second kappa shape index (κ2) is 4.08. The van der Waals surface area contributed by atoms with Gasteiger partial charge < -0.3 is 5.11 Å². The Kier molecular flexibility index (Phi) is 3.07. The maximum atomic E-state index is 10.5. The number of aryl methyl sites for hydroxylation is 2. The fraction of sp³-hybridized carbons (Fsp3) is 0.364. The van der Waals surface area contributed by atoms with Gasteiger partial charge in [-0.05, 0) is 36.6 Å². The minimum absolute atomic E-state index is 0.326. The Hall–Kier alpha value is -1.31. The molecule has 1 aromatic rings. The molecule has 0 atom stereocenters. The summed E-state index contributed by atoms with van der Waals surface area (Å²) in [4.78, 5) is 10.5. The fourth-order valence-corrected chi connectivity index (χ4v) is 1.41. The molecule has 2 heteroatoms. The molecule has 0 aromatic heterocycles. The number of aldehydes is 1. The average Bonchev–Trinajstić information content (AvgIpc) is 2.13. The normalized spacial score (nSPS) is 10.0. The number of benzene rings is 1. The van der Waals surface area contributed by atoms with Crippen molar-refractivity contribution in [1.82, 2.24) is 0 Å². The fourth-order valence-electron chi connectivity index (χ4n) is 1.41.